The smallest absolute Gasteiger partial charge is 0.312 e. The number of hydrogen-bond acceptors (Lipinski definition) is 9. The number of terminal acetylenes is 1. The third kappa shape index (κ3) is 10.4. The summed E-state index contributed by atoms with van der Waals surface area (Å²) in [6.07, 6.45) is 23.6. The molecule has 3 heterocycles. The van der Waals surface area contributed by atoms with Crippen molar-refractivity contribution < 1.29 is 28.2 Å². The predicted octanol–water partition coefficient (Wildman–Crippen LogP) is 6.97. The van der Waals surface area contributed by atoms with Crippen molar-refractivity contribution in [2.45, 2.75) is 147 Å². The highest BCUT2D eigenvalue weighted by molar-refractivity contribution is 5.81. The van der Waals surface area contributed by atoms with Gasteiger partial charge in [-0.2, -0.15) is 14.4 Å². The van der Waals surface area contributed by atoms with Crippen molar-refractivity contribution in [3.63, 3.8) is 0 Å². The molecule has 0 unspecified atom stereocenters. The van der Waals surface area contributed by atoms with Gasteiger partial charge in [-0.15, -0.1) is 6.42 Å². The van der Waals surface area contributed by atoms with Crippen LogP contribution in [0.3, 0.4) is 0 Å². The zero-order valence-corrected chi connectivity index (χ0v) is 26.5. The summed E-state index contributed by atoms with van der Waals surface area (Å²) < 4.78 is 32.8. The van der Waals surface area contributed by atoms with Crippen LogP contribution in [-0.4, -0.2) is 49.8 Å². The van der Waals surface area contributed by atoms with Crippen LogP contribution in [0.1, 0.15) is 136 Å². The largest absolute Gasteiger partial charge is 0.461 e. The van der Waals surface area contributed by atoms with Gasteiger partial charge in [-0.1, -0.05) is 110 Å². The van der Waals surface area contributed by atoms with E-state index in [-0.39, 0.29) is 42.9 Å². The molecule has 1 aliphatic rings. The number of ether oxygens (including phenoxy) is 3. The third-order valence-electron chi connectivity index (χ3n) is 8.25. The molecule has 10 nitrogen and oxygen atoms in total. The van der Waals surface area contributed by atoms with Crippen molar-refractivity contribution in [2.24, 2.45) is 0 Å². The van der Waals surface area contributed by atoms with E-state index in [9.17, 15) is 14.0 Å². The van der Waals surface area contributed by atoms with E-state index >= 15 is 0 Å². The first-order valence-corrected chi connectivity index (χ1v) is 16.5. The molecule has 0 amide bonds. The number of aromatic nitrogens is 4. The predicted molar refractivity (Wildman–Crippen MR) is 167 cm³/mol. The number of nitrogens with zero attached hydrogens (tertiary/aromatic N) is 4. The van der Waals surface area contributed by atoms with E-state index in [0.717, 1.165) is 12.8 Å². The molecule has 44 heavy (non-hydrogen) atoms. The van der Waals surface area contributed by atoms with Crippen molar-refractivity contribution in [3.8, 4) is 12.3 Å². The number of imidazole rings is 1. The van der Waals surface area contributed by atoms with Crippen molar-refractivity contribution in [1.82, 2.24) is 19.5 Å². The van der Waals surface area contributed by atoms with Crippen LogP contribution >= 0.6 is 0 Å². The first-order valence-electron chi connectivity index (χ1n) is 16.5. The number of nitrogen functional groups attached to an aromatic ring is 1. The maximum Gasteiger partial charge on any atom is 0.312 e. The number of nitrogens with two attached hydrogens (primary N) is 1. The van der Waals surface area contributed by atoms with E-state index in [1.54, 1.807) is 6.92 Å². The van der Waals surface area contributed by atoms with Crippen LogP contribution < -0.4 is 5.73 Å². The fourth-order valence-electron chi connectivity index (χ4n) is 5.62. The summed E-state index contributed by atoms with van der Waals surface area (Å²) >= 11 is 0. The number of carbonyl (C=O) groups is 2. The molecule has 1 fully saturated rings. The molecule has 0 aromatic carbocycles. The lowest BCUT2D eigenvalue weighted by Gasteiger charge is -2.28. The number of esters is 2. The Kier molecular flexibility index (Phi) is 14.8. The van der Waals surface area contributed by atoms with E-state index in [1.165, 1.54) is 87.9 Å². The molecule has 0 saturated carbocycles. The van der Waals surface area contributed by atoms with E-state index in [4.69, 9.17) is 26.4 Å². The van der Waals surface area contributed by atoms with Gasteiger partial charge in [0, 0.05) is 19.3 Å². The summed E-state index contributed by atoms with van der Waals surface area (Å²) in [5.41, 5.74) is 4.58. The van der Waals surface area contributed by atoms with Gasteiger partial charge in [-0.3, -0.25) is 14.2 Å². The highest BCUT2D eigenvalue weighted by Gasteiger charge is 2.52. The lowest BCUT2D eigenvalue weighted by Crippen LogP contribution is -2.45. The van der Waals surface area contributed by atoms with Crippen molar-refractivity contribution in [1.29, 1.82) is 0 Å². The Morgan fingerprint density at radius 1 is 1.00 bits per heavy atom. The standard InChI is InChI=1S/C33H50FN5O5/c1-4-7-8-9-10-11-12-13-14-15-16-17-18-19-20-21-28(41)43-25-22-26(44-33(25,6-3)23-42-27(40)5-2)39-24-36-29-30(35)37-32(34)38-31(29)39/h3,24-26H,4-5,7-23H2,1-2H3,(H2,35,37,38)/t25-,26+,33+/m0/s1. The van der Waals surface area contributed by atoms with Gasteiger partial charge < -0.3 is 19.9 Å². The van der Waals surface area contributed by atoms with Crippen LogP contribution in [0.5, 0.6) is 0 Å². The molecule has 2 aromatic rings. The SMILES string of the molecule is C#C[C@]1(COC(=O)CC)O[C@@H](n2cnc3c(N)nc(F)nc32)C[C@@H]1OC(=O)CCCCCCCCCCCCCCCCC. The number of rotatable bonds is 21. The van der Waals surface area contributed by atoms with E-state index in [1.807, 2.05) is 0 Å². The van der Waals surface area contributed by atoms with Gasteiger partial charge in [-0.05, 0) is 6.42 Å². The molecular formula is C33H50FN5O5. The fraction of sp³-hybridized carbons (Fsp3) is 0.727. The molecule has 244 valence electrons. The number of unbranched alkanes of at least 4 members (excludes halogenated alkanes) is 14. The summed E-state index contributed by atoms with van der Waals surface area (Å²) in [5.74, 6) is 1.57. The lowest BCUT2D eigenvalue weighted by molar-refractivity contribution is -0.166. The van der Waals surface area contributed by atoms with E-state index < -0.39 is 35.9 Å². The lowest BCUT2D eigenvalue weighted by atomic mass is 9.98. The zero-order chi connectivity index (χ0) is 31.8. The molecule has 3 atom stereocenters. The van der Waals surface area contributed by atoms with Gasteiger partial charge in [0.05, 0.1) is 6.33 Å². The quantitative estimate of drug-likeness (QED) is 0.0685. The van der Waals surface area contributed by atoms with Gasteiger partial charge >= 0.3 is 18.0 Å². The highest BCUT2D eigenvalue weighted by Crippen LogP contribution is 2.40. The molecule has 3 rings (SSSR count). The van der Waals surface area contributed by atoms with Gasteiger partial charge in [-0.25, -0.2) is 4.98 Å². The van der Waals surface area contributed by atoms with Crippen LogP contribution in [0.4, 0.5) is 10.2 Å². The number of halogens is 1. The van der Waals surface area contributed by atoms with Gasteiger partial charge in [0.1, 0.15) is 18.9 Å². The molecule has 0 aliphatic carbocycles. The number of fused-ring (bicyclic) bond motifs is 1. The Balaban J connectivity index is 1.43. The maximum atomic E-state index is 13.9. The second-order valence-electron chi connectivity index (χ2n) is 11.7. The Hall–Kier alpha value is -3.26. The number of anilines is 1. The van der Waals surface area contributed by atoms with Crippen LogP contribution in [-0.2, 0) is 23.8 Å². The molecule has 0 radical (unpaired) electrons. The number of hydrogen-bond donors (Lipinski definition) is 1. The number of carbonyl (C=O) groups excluding carboxylic acids is 2. The zero-order valence-electron chi connectivity index (χ0n) is 26.5. The third-order valence-corrected chi connectivity index (χ3v) is 8.25. The van der Waals surface area contributed by atoms with Crippen LogP contribution in [0.2, 0.25) is 0 Å². The minimum absolute atomic E-state index is 0.112. The summed E-state index contributed by atoms with van der Waals surface area (Å²) in [6.45, 7) is 3.61. The first kappa shape index (κ1) is 35.2. The second kappa shape index (κ2) is 18.5. The van der Waals surface area contributed by atoms with Gasteiger partial charge in [0.25, 0.3) is 0 Å². The monoisotopic (exact) mass is 615 g/mol. The van der Waals surface area contributed by atoms with Crippen LogP contribution in [0.15, 0.2) is 6.33 Å². The highest BCUT2D eigenvalue weighted by atomic mass is 19.1. The maximum absolute atomic E-state index is 13.9. The normalized spacial score (nSPS) is 19.7. The van der Waals surface area contributed by atoms with E-state index in [2.05, 4.69) is 27.8 Å². The molecule has 2 N–H and O–H groups in total. The summed E-state index contributed by atoms with van der Waals surface area (Å²) in [7, 11) is 0. The average Bonchev–Trinajstić information content (AvgIpc) is 3.59. The molecule has 1 saturated heterocycles. The van der Waals surface area contributed by atoms with Crippen molar-refractivity contribution in [3.05, 3.63) is 12.4 Å². The molecule has 11 heteroatoms. The molecular weight excluding hydrogens is 565 g/mol. The molecule has 2 aromatic heterocycles. The Bertz CT molecular complexity index is 1230. The minimum atomic E-state index is -1.53. The van der Waals surface area contributed by atoms with Crippen molar-refractivity contribution in [2.75, 3.05) is 12.3 Å². The minimum Gasteiger partial charge on any atom is -0.461 e. The Morgan fingerprint density at radius 2 is 1.59 bits per heavy atom. The van der Waals surface area contributed by atoms with Crippen molar-refractivity contribution >= 4 is 28.9 Å². The molecule has 1 aliphatic heterocycles. The summed E-state index contributed by atoms with van der Waals surface area (Å²) in [6, 6.07) is 0. The van der Waals surface area contributed by atoms with Gasteiger partial charge in [0.15, 0.2) is 17.0 Å². The second-order valence-corrected chi connectivity index (χ2v) is 11.7. The summed E-state index contributed by atoms with van der Waals surface area (Å²) in [4.78, 5) is 36.3. The molecule has 0 spiro atoms. The Labute approximate surface area is 261 Å². The van der Waals surface area contributed by atoms with Crippen LogP contribution in [0.25, 0.3) is 11.2 Å². The van der Waals surface area contributed by atoms with Gasteiger partial charge in [0.2, 0.25) is 5.60 Å². The Morgan fingerprint density at radius 3 is 2.16 bits per heavy atom. The van der Waals surface area contributed by atoms with Crippen LogP contribution in [0, 0.1) is 18.4 Å². The molecule has 0 bridgehead atoms. The average molecular weight is 616 g/mol. The first-order chi connectivity index (χ1) is 21.3. The fourth-order valence-corrected chi connectivity index (χ4v) is 5.62. The summed E-state index contributed by atoms with van der Waals surface area (Å²) in [5, 5.41) is 0. The van der Waals surface area contributed by atoms with E-state index in [0.29, 0.717) is 6.42 Å². The topological polar surface area (TPSA) is 131 Å².